The molecular weight excluding hydrogens is 462 g/mol. The Labute approximate surface area is 195 Å². The molecule has 1 fully saturated rings. The number of ketones is 1. The van der Waals surface area contributed by atoms with Gasteiger partial charge < -0.3 is 8.83 Å². The van der Waals surface area contributed by atoms with Crippen molar-refractivity contribution in [2.75, 3.05) is 18.8 Å². The van der Waals surface area contributed by atoms with Gasteiger partial charge in [0, 0.05) is 24.0 Å². The molecule has 4 aromatic rings. The van der Waals surface area contributed by atoms with E-state index in [0.717, 1.165) is 36.4 Å². The van der Waals surface area contributed by atoms with Crippen LogP contribution in [0.25, 0.3) is 22.4 Å². The number of para-hydroxylation sites is 1. The molecule has 0 aliphatic carbocycles. The Morgan fingerprint density at radius 1 is 0.970 bits per heavy atom. The molecule has 0 spiro atoms. The minimum Gasteiger partial charge on any atom is -0.453 e. The molecule has 2 aromatic carbocycles. The van der Waals surface area contributed by atoms with Gasteiger partial charge in [0.25, 0.3) is 5.22 Å². The zero-order valence-corrected chi connectivity index (χ0v) is 19.3. The number of Topliss-reactive ketones (excluding diaryl/α,β-unsaturated/α-hetero) is 1. The molecule has 1 aliphatic rings. The summed E-state index contributed by atoms with van der Waals surface area (Å²) in [5.41, 5.74) is 1.17. The van der Waals surface area contributed by atoms with Crippen molar-refractivity contribution in [2.45, 2.75) is 29.4 Å². The second-order valence-electron chi connectivity index (χ2n) is 7.73. The highest BCUT2D eigenvalue weighted by atomic mass is 32.2. The first-order chi connectivity index (χ1) is 16.0. The minimum atomic E-state index is -3.57. The summed E-state index contributed by atoms with van der Waals surface area (Å²) < 4.78 is 38.7. The number of hydrogen-bond acceptors (Lipinski definition) is 8. The lowest BCUT2D eigenvalue weighted by molar-refractivity contribution is 0.0994. The van der Waals surface area contributed by atoms with Crippen molar-refractivity contribution in [2.24, 2.45) is 0 Å². The first-order valence-corrected chi connectivity index (χ1v) is 13.0. The average Bonchev–Trinajstić information content (AvgIpc) is 3.50. The quantitative estimate of drug-likeness (QED) is 0.277. The molecule has 0 unspecified atom stereocenters. The van der Waals surface area contributed by atoms with Gasteiger partial charge in [0.05, 0.1) is 10.6 Å². The summed E-state index contributed by atoms with van der Waals surface area (Å²) in [6.45, 7) is 1.07. The fraction of sp³-hybridized carbons (Fsp3) is 0.261. The SMILES string of the molecule is O=C(CSc1nnc(-c2cccc(S(=O)(=O)N3CCCCC3)c2)o1)c1cc2ccccc2o1. The zero-order valence-electron chi connectivity index (χ0n) is 17.6. The number of nitrogens with zero attached hydrogens (tertiary/aromatic N) is 3. The molecule has 0 amide bonds. The first-order valence-electron chi connectivity index (χ1n) is 10.6. The summed E-state index contributed by atoms with van der Waals surface area (Å²) in [5, 5.41) is 9.10. The number of furan rings is 1. The van der Waals surface area contributed by atoms with Gasteiger partial charge in [0.2, 0.25) is 21.7 Å². The smallest absolute Gasteiger partial charge is 0.277 e. The van der Waals surface area contributed by atoms with Crippen LogP contribution in [0.2, 0.25) is 0 Å². The van der Waals surface area contributed by atoms with E-state index in [1.165, 1.54) is 4.31 Å². The molecular formula is C23H21N3O5S2. The highest BCUT2D eigenvalue weighted by molar-refractivity contribution is 7.99. The molecule has 0 bridgehead atoms. The van der Waals surface area contributed by atoms with Crippen LogP contribution in [-0.4, -0.2) is 47.5 Å². The maximum atomic E-state index is 13.0. The summed E-state index contributed by atoms with van der Waals surface area (Å²) in [6, 6.07) is 15.6. The van der Waals surface area contributed by atoms with Crippen LogP contribution in [0.15, 0.2) is 73.5 Å². The summed E-state index contributed by atoms with van der Waals surface area (Å²) in [4.78, 5) is 12.7. The van der Waals surface area contributed by atoms with Gasteiger partial charge in [-0.3, -0.25) is 4.79 Å². The molecule has 1 aliphatic heterocycles. The fourth-order valence-electron chi connectivity index (χ4n) is 3.75. The van der Waals surface area contributed by atoms with E-state index in [1.54, 1.807) is 30.3 Å². The Kier molecular flexibility index (Phi) is 6.05. The Hall–Kier alpha value is -2.95. The number of carbonyl (C=O) groups is 1. The van der Waals surface area contributed by atoms with Crippen molar-refractivity contribution in [3.63, 3.8) is 0 Å². The molecule has 2 aromatic heterocycles. The zero-order chi connectivity index (χ0) is 22.8. The van der Waals surface area contributed by atoms with E-state index >= 15 is 0 Å². The standard InChI is InChI=1S/C23H21N3O5S2/c27-19(21-14-16-7-2-3-10-20(16)30-21)15-32-23-25-24-22(31-23)17-8-6-9-18(13-17)33(28,29)26-11-4-1-5-12-26/h2-3,6-10,13-14H,1,4-5,11-12,15H2. The van der Waals surface area contributed by atoms with E-state index in [0.29, 0.717) is 24.2 Å². The molecule has 170 valence electrons. The van der Waals surface area contributed by atoms with Gasteiger partial charge >= 0.3 is 0 Å². The third-order valence-corrected chi connectivity index (χ3v) is 8.18. The van der Waals surface area contributed by atoms with Crippen LogP contribution >= 0.6 is 11.8 Å². The van der Waals surface area contributed by atoms with E-state index < -0.39 is 10.0 Å². The minimum absolute atomic E-state index is 0.0742. The summed E-state index contributed by atoms with van der Waals surface area (Å²) >= 11 is 1.10. The number of thioether (sulfide) groups is 1. The van der Waals surface area contributed by atoms with E-state index in [4.69, 9.17) is 8.83 Å². The van der Waals surface area contributed by atoms with Crippen LogP contribution in [-0.2, 0) is 10.0 Å². The number of benzene rings is 2. The molecule has 3 heterocycles. The van der Waals surface area contributed by atoms with Crippen LogP contribution in [0.4, 0.5) is 0 Å². The van der Waals surface area contributed by atoms with Crippen molar-refractivity contribution < 1.29 is 22.0 Å². The van der Waals surface area contributed by atoms with Gasteiger partial charge in [0.1, 0.15) is 5.58 Å². The predicted molar refractivity (Wildman–Crippen MR) is 124 cm³/mol. The molecule has 0 radical (unpaired) electrons. The number of fused-ring (bicyclic) bond motifs is 1. The number of rotatable bonds is 7. The maximum absolute atomic E-state index is 13.0. The average molecular weight is 484 g/mol. The topological polar surface area (TPSA) is 107 Å². The molecule has 0 saturated carbocycles. The molecule has 1 saturated heterocycles. The molecule has 0 N–H and O–H groups in total. The summed E-state index contributed by atoms with van der Waals surface area (Å²) in [7, 11) is -3.57. The number of hydrogen-bond donors (Lipinski definition) is 0. The monoisotopic (exact) mass is 483 g/mol. The molecule has 8 nitrogen and oxygen atoms in total. The lowest BCUT2D eigenvalue weighted by Gasteiger charge is -2.25. The fourth-order valence-corrected chi connectivity index (χ4v) is 5.94. The molecule has 0 atom stereocenters. The van der Waals surface area contributed by atoms with Gasteiger partial charge in [-0.05, 0) is 43.2 Å². The predicted octanol–water partition coefficient (Wildman–Crippen LogP) is 4.63. The van der Waals surface area contributed by atoms with Crippen molar-refractivity contribution in [3.05, 3.63) is 60.4 Å². The largest absolute Gasteiger partial charge is 0.453 e. The molecule has 10 heteroatoms. The van der Waals surface area contributed by atoms with E-state index in [1.807, 2.05) is 24.3 Å². The Morgan fingerprint density at radius 3 is 2.61 bits per heavy atom. The summed E-state index contributed by atoms with van der Waals surface area (Å²) in [5.74, 6) is 0.360. The van der Waals surface area contributed by atoms with Crippen LogP contribution in [0.3, 0.4) is 0 Å². The lowest BCUT2D eigenvalue weighted by atomic mass is 10.2. The lowest BCUT2D eigenvalue weighted by Crippen LogP contribution is -2.35. The third-order valence-electron chi connectivity index (χ3n) is 5.47. The van der Waals surface area contributed by atoms with Crippen molar-refractivity contribution in [3.8, 4) is 11.5 Å². The van der Waals surface area contributed by atoms with Crippen LogP contribution in [0, 0.1) is 0 Å². The normalized spacial score (nSPS) is 15.2. The van der Waals surface area contributed by atoms with E-state index in [2.05, 4.69) is 10.2 Å². The Bertz CT molecular complexity index is 1370. The highest BCUT2D eigenvalue weighted by Crippen LogP contribution is 2.28. The number of sulfonamides is 1. The van der Waals surface area contributed by atoms with Crippen molar-refractivity contribution in [1.82, 2.24) is 14.5 Å². The van der Waals surface area contributed by atoms with Crippen molar-refractivity contribution >= 4 is 38.5 Å². The van der Waals surface area contributed by atoms with Gasteiger partial charge in [-0.15, -0.1) is 10.2 Å². The van der Waals surface area contributed by atoms with Crippen molar-refractivity contribution in [1.29, 1.82) is 0 Å². The second-order valence-corrected chi connectivity index (χ2v) is 10.6. The Balaban J connectivity index is 1.28. The Morgan fingerprint density at radius 2 is 1.79 bits per heavy atom. The summed E-state index contributed by atoms with van der Waals surface area (Å²) in [6.07, 6.45) is 2.79. The number of carbonyl (C=O) groups excluding carboxylic acids is 1. The van der Waals surface area contributed by atoms with E-state index in [9.17, 15) is 13.2 Å². The first kappa shape index (κ1) is 21.9. The van der Waals surface area contributed by atoms with E-state index in [-0.39, 0.29) is 33.3 Å². The van der Waals surface area contributed by atoms with Gasteiger partial charge in [-0.25, -0.2) is 8.42 Å². The maximum Gasteiger partial charge on any atom is 0.277 e. The number of aromatic nitrogens is 2. The van der Waals surface area contributed by atoms with Gasteiger partial charge in [-0.2, -0.15) is 4.31 Å². The van der Waals surface area contributed by atoms with Crippen LogP contribution in [0.1, 0.15) is 29.8 Å². The highest BCUT2D eigenvalue weighted by Gasteiger charge is 2.26. The molecule has 33 heavy (non-hydrogen) atoms. The van der Waals surface area contributed by atoms with Gasteiger partial charge in [0.15, 0.2) is 5.76 Å². The third kappa shape index (κ3) is 4.59. The van der Waals surface area contributed by atoms with Gasteiger partial charge in [-0.1, -0.05) is 42.4 Å². The number of piperidine rings is 1. The van der Waals surface area contributed by atoms with Crippen LogP contribution < -0.4 is 0 Å². The second kappa shape index (κ2) is 9.12. The molecule has 5 rings (SSSR count). The van der Waals surface area contributed by atoms with Crippen LogP contribution in [0.5, 0.6) is 0 Å².